The molecule has 2 fully saturated rings. The van der Waals surface area contributed by atoms with Gasteiger partial charge in [-0.1, -0.05) is 0 Å². The van der Waals surface area contributed by atoms with Crippen LogP contribution in [0.1, 0.15) is 26.2 Å². The minimum atomic E-state index is -1.74. The summed E-state index contributed by atoms with van der Waals surface area (Å²) in [6.45, 7) is 2.51. The summed E-state index contributed by atoms with van der Waals surface area (Å²) in [6, 6.07) is 0.0536. The Morgan fingerprint density at radius 3 is 2.47 bits per heavy atom. The van der Waals surface area contributed by atoms with Crippen LogP contribution in [-0.2, 0) is 4.79 Å². The van der Waals surface area contributed by atoms with Crippen molar-refractivity contribution in [2.45, 2.75) is 37.8 Å². The zero-order valence-corrected chi connectivity index (χ0v) is 9.93. The summed E-state index contributed by atoms with van der Waals surface area (Å²) >= 11 is 0. The number of urea groups is 1. The fourth-order valence-corrected chi connectivity index (χ4v) is 2.42. The fraction of sp³-hybridized carbons (Fsp3) is 0.818. The van der Waals surface area contributed by atoms with E-state index in [1.807, 2.05) is 6.92 Å². The summed E-state index contributed by atoms with van der Waals surface area (Å²) in [4.78, 5) is 25.9. The predicted molar refractivity (Wildman–Crippen MR) is 59.6 cm³/mol. The molecule has 2 amide bonds. The van der Waals surface area contributed by atoms with Gasteiger partial charge in [0.1, 0.15) is 0 Å². The van der Waals surface area contributed by atoms with E-state index in [1.165, 1.54) is 4.90 Å². The number of carbonyl (C=O) groups is 2. The number of carbonyl (C=O) groups excluding carboxylic acids is 1. The van der Waals surface area contributed by atoms with Crippen LogP contribution in [0, 0.1) is 0 Å². The third-order valence-electron chi connectivity index (χ3n) is 3.62. The second-order valence-corrected chi connectivity index (χ2v) is 5.01. The number of aliphatic carboxylic acids is 1. The van der Waals surface area contributed by atoms with Gasteiger partial charge in [-0.15, -0.1) is 0 Å². The summed E-state index contributed by atoms with van der Waals surface area (Å²) in [5.74, 6) is -1.26. The maximum absolute atomic E-state index is 12.0. The van der Waals surface area contributed by atoms with Crippen LogP contribution in [0.15, 0.2) is 0 Å². The molecule has 17 heavy (non-hydrogen) atoms. The Morgan fingerprint density at radius 1 is 1.29 bits per heavy atom. The molecule has 6 heteroatoms. The molecule has 0 spiro atoms. The van der Waals surface area contributed by atoms with Gasteiger partial charge in [-0.3, -0.25) is 0 Å². The number of likely N-dealkylation sites (tertiary alicyclic amines) is 2. The van der Waals surface area contributed by atoms with Gasteiger partial charge in [-0.05, 0) is 26.2 Å². The number of rotatable bonds is 1. The number of hydrogen-bond acceptors (Lipinski definition) is 3. The number of carboxylic acids is 1. The topological polar surface area (TPSA) is 81.1 Å². The van der Waals surface area contributed by atoms with Gasteiger partial charge in [0.15, 0.2) is 5.60 Å². The minimum Gasteiger partial charge on any atom is -0.479 e. The molecule has 0 aromatic rings. The van der Waals surface area contributed by atoms with Gasteiger partial charge in [0.05, 0.1) is 13.1 Å². The van der Waals surface area contributed by atoms with Gasteiger partial charge in [-0.2, -0.15) is 0 Å². The monoisotopic (exact) mass is 242 g/mol. The van der Waals surface area contributed by atoms with Crippen molar-refractivity contribution in [2.75, 3.05) is 19.6 Å². The van der Waals surface area contributed by atoms with Crippen molar-refractivity contribution in [3.63, 3.8) is 0 Å². The van der Waals surface area contributed by atoms with Crippen molar-refractivity contribution in [3.05, 3.63) is 0 Å². The fourth-order valence-electron chi connectivity index (χ4n) is 2.42. The lowest BCUT2D eigenvalue weighted by atomic mass is 9.94. The molecule has 2 aliphatic heterocycles. The number of amides is 2. The SMILES string of the molecule is CC1CCCCN1C(=O)N1CC(O)(C(=O)O)C1. The molecule has 0 radical (unpaired) electrons. The number of carboxylic acid groups (broad SMARTS) is 1. The van der Waals surface area contributed by atoms with Crippen molar-refractivity contribution in [1.82, 2.24) is 9.80 Å². The number of β-amino-alcohol motifs (C(OH)–C–C–N with tert-alkyl or cyclic N) is 1. The number of aliphatic hydroxyl groups is 1. The first-order chi connectivity index (χ1) is 7.94. The summed E-state index contributed by atoms with van der Waals surface area (Å²) in [7, 11) is 0. The zero-order valence-electron chi connectivity index (χ0n) is 9.93. The molecule has 2 heterocycles. The molecule has 0 aromatic carbocycles. The van der Waals surface area contributed by atoms with Gasteiger partial charge in [-0.25, -0.2) is 9.59 Å². The molecule has 0 aromatic heterocycles. The van der Waals surface area contributed by atoms with E-state index in [0.717, 1.165) is 25.8 Å². The standard InChI is InChI=1S/C11H18N2O4/c1-8-4-2-3-5-13(8)10(16)12-6-11(17,7-12)9(14)15/h8,17H,2-7H2,1H3,(H,14,15). The van der Waals surface area contributed by atoms with Crippen molar-refractivity contribution in [1.29, 1.82) is 0 Å². The van der Waals surface area contributed by atoms with E-state index in [2.05, 4.69) is 0 Å². The molecule has 0 bridgehead atoms. The highest BCUT2D eigenvalue weighted by atomic mass is 16.4. The third-order valence-corrected chi connectivity index (χ3v) is 3.62. The molecule has 96 valence electrons. The second-order valence-electron chi connectivity index (χ2n) is 5.01. The Kier molecular flexibility index (Phi) is 2.99. The Balaban J connectivity index is 1.92. The van der Waals surface area contributed by atoms with Crippen LogP contribution in [-0.4, -0.2) is 63.3 Å². The third kappa shape index (κ3) is 2.09. The summed E-state index contributed by atoms with van der Waals surface area (Å²) in [5, 5.41) is 18.3. The Hall–Kier alpha value is -1.30. The number of nitrogens with zero attached hydrogens (tertiary/aromatic N) is 2. The van der Waals surface area contributed by atoms with Crippen LogP contribution in [0.2, 0.25) is 0 Å². The average molecular weight is 242 g/mol. The highest BCUT2D eigenvalue weighted by Gasteiger charge is 2.51. The van der Waals surface area contributed by atoms with Crippen LogP contribution in [0.3, 0.4) is 0 Å². The van der Waals surface area contributed by atoms with Crippen molar-refractivity contribution in [2.24, 2.45) is 0 Å². The van der Waals surface area contributed by atoms with Crippen LogP contribution in [0.5, 0.6) is 0 Å². The summed E-state index contributed by atoms with van der Waals surface area (Å²) in [6.07, 6.45) is 3.11. The molecular weight excluding hydrogens is 224 g/mol. The smallest absolute Gasteiger partial charge is 0.339 e. The molecule has 1 unspecified atom stereocenters. The second kappa shape index (κ2) is 4.18. The van der Waals surface area contributed by atoms with Crippen LogP contribution >= 0.6 is 0 Å². The Labute approximate surface area is 99.8 Å². The zero-order chi connectivity index (χ0) is 12.6. The molecule has 6 nitrogen and oxygen atoms in total. The molecule has 2 N–H and O–H groups in total. The molecule has 1 atom stereocenters. The molecule has 2 rings (SSSR count). The molecule has 2 aliphatic rings. The van der Waals surface area contributed by atoms with Crippen LogP contribution in [0.4, 0.5) is 4.79 Å². The molecule has 2 saturated heterocycles. The Bertz CT molecular complexity index is 338. The maximum atomic E-state index is 12.0. The average Bonchev–Trinajstić information content (AvgIpc) is 2.24. The molecular formula is C11H18N2O4. The first kappa shape index (κ1) is 12.2. The van der Waals surface area contributed by atoms with E-state index in [1.54, 1.807) is 4.90 Å². The van der Waals surface area contributed by atoms with E-state index in [4.69, 9.17) is 5.11 Å². The van der Waals surface area contributed by atoms with Crippen molar-refractivity contribution < 1.29 is 19.8 Å². The molecule has 0 saturated carbocycles. The minimum absolute atomic E-state index is 0.107. The van der Waals surface area contributed by atoms with Gasteiger partial charge >= 0.3 is 12.0 Å². The van der Waals surface area contributed by atoms with Gasteiger partial charge in [0.25, 0.3) is 0 Å². The first-order valence-corrected chi connectivity index (χ1v) is 5.95. The lowest BCUT2D eigenvalue weighted by Crippen LogP contribution is -2.69. The number of piperidine rings is 1. The van der Waals surface area contributed by atoms with Gasteiger partial charge < -0.3 is 20.0 Å². The maximum Gasteiger partial charge on any atom is 0.339 e. The summed E-state index contributed by atoms with van der Waals surface area (Å²) in [5.41, 5.74) is -1.74. The van der Waals surface area contributed by atoms with E-state index in [-0.39, 0.29) is 25.2 Å². The van der Waals surface area contributed by atoms with Crippen molar-refractivity contribution in [3.8, 4) is 0 Å². The van der Waals surface area contributed by atoms with E-state index in [9.17, 15) is 14.7 Å². The van der Waals surface area contributed by atoms with E-state index in [0.29, 0.717) is 0 Å². The van der Waals surface area contributed by atoms with Crippen LogP contribution < -0.4 is 0 Å². The largest absolute Gasteiger partial charge is 0.479 e. The van der Waals surface area contributed by atoms with Crippen molar-refractivity contribution >= 4 is 12.0 Å². The normalized spacial score (nSPS) is 27.5. The predicted octanol–water partition coefficient (Wildman–Crippen LogP) is 0.112. The van der Waals surface area contributed by atoms with Crippen LogP contribution in [0.25, 0.3) is 0 Å². The van der Waals surface area contributed by atoms with E-state index >= 15 is 0 Å². The van der Waals surface area contributed by atoms with Gasteiger partial charge in [0.2, 0.25) is 0 Å². The lowest BCUT2D eigenvalue weighted by Gasteiger charge is -2.47. The van der Waals surface area contributed by atoms with Gasteiger partial charge in [0, 0.05) is 12.6 Å². The molecule has 0 aliphatic carbocycles. The highest BCUT2D eigenvalue weighted by Crippen LogP contribution is 2.25. The Morgan fingerprint density at radius 2 is 1.94 bits per heavy atom. The lowest BCUT2D eigenvalue weighted by molar-refractivity contribution is -0.173. The quantitative estimate of drug-likeness (QED) is 0.684. The highest BCUT2D eigenvalue weighted by molar-refractivity contribution is 5.84. The number of hydrogen-bond donors (Lipinski definition) is 2. The van der Waals surface area contributed by atoms with E-state index < -0.39 is 11.6 Å². The summed E-state index contributed by atoms with van der Waals surface area (Å²) < 4.78 is 0. The first-order valence-electron chi connectivity index (χ1n) is 5.95.